The van der Waals surface area contributed by atoms with E-state index in [-0.39, 0.29) is 40.5 Å². The Morgan fingerprint density at radius 2 is 1.97 bits per heavy atom. The molecule has 0 aliphatic carbocycles. The first-order valence-corrected chi connectivity index (χ1v) is 9.68. The number of aromatic nitrogens is 4. The molecule has 3 N–H and O–H groups in total. The average Bonchev–Trinajstić information content (AvgIpc) is 2.90. The molecule has 0 fully saturated rings. The van der Waals surface area contributed by atoms with Crippen LogP contribution in [0.2, 0.25) is 0 Å². The van der Waals surface area contributed by atoms with E-state index in [4.69, 9.17) is 10.5 Å². The van der Waals surface area contributed by atoms with Crippen LogP contribution in [0, 0.1) is 0 Å². The molecule has 0 radical (unpaired) electrons. The van der Waals surface area contributed by atoms with Crippen molar-refractivity contribution in [2.75, 3.05) is 23.4 Å². The molecular formula is C18H20N6O4S. The Morgan fingerprint density at radius 3 is 2.66 bits per heavy atom. The van der Waals surface area contributed by atoms with Crippen molar-refractivity contribution < 1.29 is 14.3 Å². The Balaban J connectivity index is 1.65. The fourth-order valence-electron chi connectivity index (χ4n) is 2.73. The highest BCUT2D eigenvalue weighted by molar-refractivity contribution is 7.99. The Hall–Kier alpha value is -3.34. The predicted molar refractivity (Wildman–Crippen MR) is 110 cm³/mol. The van der Waals surface area contributed by atoms with Gasteiger partial charge >= 0.3 is 11.7 Å². The van der Waals surface area contributed by atoms with Crippen molar-refractivity contribution in [3.8, 4) is 0 Å². The molecule has 3 aromatic rings. The number of anilines is 2. The molecule has 0 unspecified atom stereocenters. The van der Waals surface area contributed by atoms with Crippen LogP contribution in [0.5, 0.6) is 0 Å². The molecule has 1 amide bonds. The van der Waals surface area contributed by atoms with E-state index in [1.54, 1.807) is 43.8 Å². The number of imidazole rings is 1. The van der Waals surface area contributed by atoms with Gasteiger partial charge in [-0.3, -0.25) is 13.9 Å². The van der Waals surface area contributed by atoms with Gasteiger partial charge < -0.3 is 15.8 Å². The van der Waals surface area contributed by atoms with Gasteiger partial charge in [-0.25, -0.2) is 19.6 Å². The topological polar surface area (TPSA) is 134 Å². The predicted octanol–water partition coefficient (Wildman–Crippen LogP) is 1.16. The van der Waals surface area contributed by atoms with Gasteiger partial charge in [0.15, 0.2) is 5.16 Å². The van der Waals surface area contributed by atoms with E-state index >= 15 is 0 Å². The van der Waals surface area contributed by atoms with E-state index in [1.807, 2.05) is 0 Å². The Bertz CT molecular complexity index is 1150. The third kappa shape index (κ3) is 4.24. The van der Waals surface area contributed by atoms with Crippen molar-refractivity contribution in [2.24, 2.45) is 14.1 Å². The minimum absolute atomic E-state index is 0.00296. The lowest BCUT2D eigenvalue weighted by Crippen LogP contribution is -2.19. The summed E-state index contributed by atoms with van der Waals surface area (Å²) >= 11 is 1.08. The first-order chi connectivity index (χ1) is 13.8. The summed E-state index contributed by atoms with van der Waals surface area (Å²) < 4.78 is 7.92. The summed E-state index contributed by atoms with van der Waals surface area (Å²) in [6.45, 7) is 1.91. The summed E-state index contributed by atoms with van der Waals surface area (Å²) in [6.07, 6.45) is 1.28. The van der Waals surface area contributed by atoms with Gasteiger partial charge in [-0.15, -0.1) is 0 Å². The number of nitrogens with zero attached hydrogens (tertiary/aromatic N) is 4. The number of hydrogen-bond donors (Lipinski definition) is 2. The van der Waals surface area contributed by atoms with Crippen molar-refractivity contribution in [3.63, 3.8) is 0 Å². The second-order valence-electron chi connectivity index (χ2n) is 6.11. The molecule has 0 atom stereocenters. The maximum atomic E-state index is 12.3. The third-order valence-corrected chi connectivity index (χ3v) is 5.04. The number of esters is 1. The molecule has 2 heterocycles. The maximum absolute atomic E-state index is 12.3. The highest BCUT2D eigenvalue weighted by Crippen LogP contribution is 2.20. The lowest BCUT2D eigenvalue weighted by atomic mass is 10.2. The number of benzene rings is 1. The van der Waals surface area contributed by atoms with E-state index in [9.17, 15) is 14.4 Å². The van der Waals surface area contributed by atoms with E-state index in [2.05, 4.69) is 15.3 Å². The molecule has 0 spiro atoms. The van der Waals surface area contributed by atoms with Crippen LogP contribution in [0.15, 0.2) is 34.3 Å². The summed E-state index contributed by atoms with van der Waals surface area (Å²) in [4.78, 5) is 44.0. The van der Waals surface area contributed by atoms with Crippen LogP contribution in [0.25, 0.3) is 11.0 Å². The number of nitrogens with one attached hydrogen (secondary N) is 1. The molecule has 2 aromatic heterocycles. The van der Waals surface area contributed by atoms with Gasteiger partial charge in [-0.2, -0.15) is 0 Å². The number of carbonyl (C=O) groups excluding carboxylic acids is 2. The van der Waals surface area contributed by atoms with Gasteiger partial charge in [0.1, 0.15) is 11.4 Å². The molecule has 11 heteroatoms. The molecule has 10 nitrogen and oxygen atoms in total. The quantitative estimate of drug-likeness (QED) is 0.347. The zero-order valence-corrected chi connectivity index (χ0v) is 16.9. The molecule has 0 aliphatic heterocycles. The van der Waals surface area contributed by atoms with E-state index in [0.717, 1.165) is 17.3 Å². The summed E-state index contributed by atoms with van der Waals surface area (Å²) in [5.41, 5.74) is 7.78. The largest absolute Gasteiger partial charge is 0.462 e. The SMILES string of the molecule is CCOC(=O)c1cnc(SCC(=O)Nc2ccc3c(c2)n(C)c(=O)n3C)nc1N. The van der Waals surface area contributed by atoms with E-state index < -0.39 is 5.97 Å². The van der Waals surface area contributed by atoms with Crippen molar-refractivity contribution in [1.29, 1.82) is 0 Å². The minimum atomic E-state index is -0.593. The number of carbonyl (C=O) groups is 2. The second-order valence-corrected chi connectivity index (χ2v) is 7.06. The van der Waals surface area contributed by atoms with Crippen molar-refractivity contribution in [1.82, 2.24) is 19.1 Å². The van der Waals surface area contributed by atoms with Gasteiger partial charge in [0.25, 0.3) is 0 Å². The zero-order valence-electron chi connectivity index (χ0n) is 16.1. The number of amides is 1. The average molecular weight is 416 g/mol. The standard InChI is InChI=1S/C18H20N6O4S/c1-4-28-16(26)11-8-20-17(22-15(11)19)29-9-14(25)21-10-5-6-12-13(7-10)24(3)18(27)23(12)2/h5-8H,4,9H2,1-3H3,(H,21,25)(H2,19,20,22). The normalized spacial score (nSPS) is 10.9. The van der Waals surface area contributed by atoms with Gasteiger partial charge in [0, 0.05) is 26.0 Å². The molecular weight excluding hydrogens is 396 g/mol. The molecule has 0 saturated carbocycles. The van der Waals surface area contributed by atoms with Gasteiger partial charge in [0.2, 0.25) is 5.91 Å². The molecule has 0 aliphatic rings. The number of fused-ring (bicyclic) bond motifs is 1. The first kappa shape index (κ1) is 20.4. The molecule has 152 valence electrons. The number of thioether (sulfide) groups is 1. The molecule has 29 heavy (non-hydrogen) atoms. The summed E-state index contributed by atoms with van der Waals surface area (Å²) in [5.74, 6) is -0.821. The lowest BCUT2D eigenvalue weighted by molar-refractivity contribution is -0.113. The summed E-state index contributed by atoms with van der Waals surface area (Å²) in [5, 5.41) is 3.05. The molecule has 3 rings (SSSR count). The van der Waals surface area contributed by atoms with Crippen LogP contribution in [-0.2, 0) is 23.6 Å². The van der Waals surface area contributed by atoms with Crippen LogP contribution in [0.3, 0.4) is 0 Å². The smallest absolute Gasteiger partial charge is 0.343 e. The molecule has 0 bridgehead atoms. The minimum Gasteiger partial charge on any atom is -0.462 e. The van der Waals surface area contributed by atoms with Crippen LogP contribution >= 0.6 is 11.8 Å². The van der Waals surface area contributed by atoms with Crippen LogP contribution < -0.4 is 16.7 Å². The second kappa shape index (κ2) is 8.35. The summed E-state index contributed by atoms with van der Waals surface area (Å²) in [7, 11) is 3.37. The highest BCUT2D eigenvalue weighted by atomic mass is 32.2. The number of hydrogen-bond acceptors (Lipinski definition) is 8. The van der Waals surface area contributed by atoms with Gasteiger partial charge in [0.05, 0.1) is 23.4 Å². The van der Waals surface area contributed by atoms with Crippen molar-refractivity contribution in [3.05, 3.63) is 40.4 Å². The monoisotopic (exact) mass is 416 g/mol. The molecule has 1 aromatic carbocycles. The number of rotatable bonds is 6. The van der Waals surface area contributed by atoms with Crippen LogP contribution in [0.1, 0.15) is 17.3 Å². The van der Waals surface area contributed by atoms with Gasteiger partial charge in [-0.05, 0) is 25.1 Å². The Kier molecular flexibility index (Phi) is 5.87. The fraction of sp³-hybridized carbons (Fsp3) is 0.278. The highest BCUT2D eigenvalue weighted by Gasteiger charge is 2.15. The van der Waals surface area contributed by atoms with Crippen molar-refractivity contribution >= 4 is 46.2 Å². The number of ether oxygens (including phenoxy) is 1. The Morgan fingerprint density at radius 1 is 1.24 bits per heavy atom. The van der Waals surface area contributed by atoms with E-state index in [0.29, 0.717) is 11.2 Å². The van der Waals surface area contributed by atoms with Crippen LogP contribution in [-0.4, -0.2) is 43.3 Å². The van der Waals surface area contributed by atoms with Crippen molar-refractivity contribution in [2.45, 2.75) is 12.1 Å². The Labute approximate surface area is 170 Å². The summed E-state index contributed by atoms with van der Waals surface area (Å²) in [6, 6.07) is 5.24. The maximum Gasteiger partial charge on any atom is 0.343 e. The lowest BCUT2D eigenvalue weighted by Gasteiger charge is -2.07. The number of aryl methyl sites for hydroxylation is 2. The van der Waals surface area contributed by atoms with Crippen LogP contribution in [0.4, 0.5) is 11.5 Å². The number of nitrogens with two attached hydrogens (primary N) is 1. The first-order valence-electron chi connectivity index (χ1n) is 8.69. The fourth-order valence-corrected chi connectivity index (χ4v) is 3.35. The zero-order chi connectivity index (χ0) is 21.1. The molecule has 0 saturated heterocycles. The third-order valence-electron chi connectivity index (χ3n) is 4.18. The number of nitrogen functional groups attached to an aromatic ring is 1. The van der Waals surface area contributed by atoms with Gasteiger partial charge in [-0.1, -0.05) is 11.8 Å². The van der Waals surface area contributed by atoms with E-state index in [1.165, 1.54) is 10.8 Å².